The normalized spacial score (nSPS) is 30.3. The van der Waals surface area contributed by atoms with E-state index in [0.717, 1.165) is 11.1 Å². The zero-order chi connectivity index (χ0) is 26.7. The average molecular weight is 531 g/mol. The molecule has 0 aliphatic carbocycles. The molecule has 0 aromatic heterocycles. The highest BCUT2D eigenvalue weighted by atomic mass is 28.4. The third kappa shape index (κ3) is 6.88. The van der Waals surface area contributed by atoms with E-state index in [9.17, 15) is 0 Å². The maximum absolute atomic E-state index is 6.60. The minimum Gasteiger partial charge on any atom is -0.414 e. The van der Waals surface area contributed by atoms with E-state index in [1.165, 1.54) is 0 Å². The van der Waals surface area contributed by atoms with E-state index in [2.05, 4.69) is 33.9 Å². The first-order chi connectivity index (χ1) is 17.5. The van der Waals surface area contributed by atoms with Gasteiger partial charge in [0.2, 0.25) is 0 Å². The molecule has 2 aromatic rings. The van der Waals surface area contributed by atoms with Crippen molar-refractivity contribution in [1.82, 2.24) is 0 Å². The highest BCUT2D eigenvalue weighted by Gasteiger charge is 2.57. The molecular weight excluding hydrogens is 488 g/mol. The maximum Gasteiger partial charge on any atom is 0.282 e. The third-order valence-electron chi connectivity index (χ3n) is 7.63. The summed E-state index contributed by atoms with van der Waals surface area (Å²) in [7, 11) is -0.486. The van der Waals surface area contributed by atoms with Crippen molar-refractivity contribution < 1.29 is 32.8 Å². The van der Waals surface area contributed by atoms with Gasteiger partial charge in [-0.2, -0.15) is 0 Å². The summed E-state index contributed by atoms with van der Waals surface area (Å²) in [4.78, 5) is 0. The molecule has 2 heterocycles. The molecule has 0 spiro atoms. The molecule has 204 valence electrons. The summed E-state index contributed by atoms with van der Waals surface area (Å²) in [5, 5.41) is 0.0649. The lowest BCUT2D eigenvalue weighted by Gasteiger charge is -2.44. The van der Waals surface area contributed by atoms with Crippen LogP contribution in [0, 0.1) is 0 Å². The molecule has 2 aromatic carbocycles. The number of hydrogen-bond donors (Lipinski definition) is 0. The molecule has 0 saturated carbocycles. The van der Waals surface area contributed by atoms with Gasteiger partial charge in [-0.1, -0.05) is 81.4 Å². The standard InChI is InChI=1S/C29H42O7Si/c1-28(2,3)37(6,7)33-20-23-24(31-18-21-14-10-8-11-15-21)25(32-19-22-16-12-9-13-17-22)26-27(34-23)36-29(4,30-5)35-26/h8-17,23-27H,18-20H2,1-7H3/t23-,24-,25+,26+,27+,29?/m1/s1. The van der Waals surface area contributed by atoms with Crippen LogP contribution in [0.4, 0.5) is 0 Å². The minimum absolute atomic E-state index is 0.0649. The van der Waals surface area contributed by atoms with Crippen LogP contribution in [0.25, 0.3) is 0 Å². The van der Waals surface area contributed by atoms with E-state index in [0.29, 0.717) is 19.8 Å². The summed E-state index contributed by atoms with van der Waals surface area (Å²) in [5.41, 5.74) is 2.13. The van der Waals surface area contributed by atoms with Crippen LogP contribution in [0.15, 0.2) is 60.7 Å². The zero-order valence-electron chi connectivity index (χ0n) is 23.1. The van der Waals surface area contributed by atoms with Crippen LogP contribution in [0.5, 0.6) is 0 Å². The van der Waals surface area contributed by atoms with Gasteiger partial charge in [0, 0.05) is 14.0 Å². The molecule has 2 aliphatic rings. The predicted octanol–water partition coefficient (Wildman–Crippen LogP) is 5.64. The summed E-state index contributed by atoms with van der Waals surface area (Å²) < 4.78 is 44.0. The largest absolute Gasteiger partial charge is 0.414 e. The Balaban J connectivity index is 1.60. The lowest BCUT2D eigenvalue weighted by Crippen LogP contribution is -2.60. The highest BCUT2D eigenvalue weighted by Crippen LogP contribution is 2.41. The first kappa shape index (κ1) is 28.4. The van der Waals surface area contributed by atoms with Gasteiger partial charge in [-0.05, 0) is 29.3 Å². The Morgan fingerprint density at radius 2 is 1.38 bits per heavy atom. The number of rotatable bonds is 10. The molecule has 1 unspecified atom stereocenters. The number of ether oxygens (including phenoxy) is 6. The lowest BCUT2D eigenvalue weighted by molar-refractivity contribution is -0.334. The van der Waals surface area contributed by atoms with Crippen molar-refractivity contribution in [2.45, 2.75) is 95.7 Å². The first-order valence-corrected chi connectivity index (χ1v) is 15.9. The molecule has 4 rings (SSSR count). The molecule has 0 radical (unpaired) electrons. The van der Waals surface area contributed by atoms with Gasteiger partial charge in [0.25, 0.3) is 5.97 Å². The van der Waals surface area contributed by atoms with Gasteiger partial charge in [0.15, 0.2) is 14.6 Å². The van der Waals surface area contributed by atoms with Crippen molar-refractivity contribution in [3.63, 3.8) is 0 Å². The third-order valence-corrected chi connectivity index (χ3v) is 12.1. The number of hydrogen-bond acceptors (Lipinski definition) is 7. The van der Waals surface area contributed by atoms with Gasteiger partial charge in [-0.25, -0.2) is 0 Å². The smallest absolute Gasteiger partial charge is 0.282 e. The topological polar surface area (TPSA) is 64.6 Å². The van der Waals surface area contributed by atoms with Crippen molar-refractivity contribution in [1.29, 1.82) is 0 Å². The second-order valence-electron chi connectivity index (χ2n) is 11.4. The molecule has 2 aliphatic heterocycles. The molecule has 2 saturated heterocycles. The van der Waals surface area contributed by atoms with E-state index in [4.69, 9.17) is 32.8 Å². The summed E-state index contributed by atoms with van der Waals surface area (Å²) in [6, 6.07) is 20.2. The van der Waals surface area contributed by atoms with Gasteiger partial charge in [-0.3, -0.25) is 4.74 Å². The predicted molar refractivity (Wildman–Crippen MR) is 143 cm³/mol. The van der Waals surface area contributed by atoms with E-state index >= 15 is 0 Å². The van der Waals surface area contributed by atoms with Crippen LogP contribution in [0.1, 0.15) is 38.8 Å². The Morgan fingerprint density at radius 1 is 0.838 bits per heavy atom. The summed E-state index contributed by atoms with van der Waals surface area (Å²) in [6.07, 6.45) is -2.53. The van der Waals surface area contributed by atoms with Crippen LogP contribution in [0.2, 0.25) is 18.1 Å². The Labute approximate surface area is 222 Å². The van der Waals surface area contributed by atoms with E-state index in [1.54, 1.807) is 14.0 Å². The molecular formula is C29H42O7Si. The lowest BCUT2D eigenvalue weighted by atomic mass is 9.98. The molecule has 0 N–H and O–H groups in total. The van der Waals surface area contributed by atoms with E-state index in [1.807, 2.05) is 60.7 Å². The minimum atomic E-state index is -2.04. The van der Waals surface area contributed by atoms with Gasteiger partial charge < -0.3 is 28.1 Å². The number of benzene rings is 2. The van der Waals surface area contributed by atoms with Gasteiger partial charge >= 0.3 is 0 Å². The molecule has 0 bridgehead atoms. The van der Waals surface area contributed by atoms with Crippen molar-refractivity contribution in [2.24, 2.45) is 0 Å². The van der Waals surface area contributed by atoms with Crippen LogP contribution < -0.4 is 0 Å². The second kappa shape index (κ2) is 11.6. The van der Waals surface area contributed by atoms with E-state index in [-0.39, 0.29) is 5.04 Å². The van der Waals surface area contributed by atoms with Crippen LogP contribution in [-0.4, -0.2) is 58.7 Å². The monoisotopic (exact) mass is 530 g/mol. The van der Waals surface area contributed by atoms with Crippen LogP contribution >= 0.6 is 0 Å². The van der Waals surface area contributed by atoms with Crippen molar-refractivity contribution in [3.05, 3.63) is 71.8 Å². The maximum atomic E-state index is 6.60. The molecule has 2 fully saturated rings. The molecule has 7 nitrogen and oxygen atoms in total. The molecule has 0 amide bonds. The fourth-order valence-corrected chi connectivity index (χ4v) is 5.26. The highest BCUT2D eigenvalue weighted by molar-refractivity contribution is 6.74. The molecule has 37 heavy (non-hydrogen) atoms. The van der Waals surface area contributed by atoms with Gasteiger partial charge in [-0.15, -0.1) is 0 Å². The molecule has 6 atom stereocenters. The van der Waals surface area contributed by atoms with Gasteiger partial charge in [0.05, 0.1) is 19.8 Å². The Bertz CT molecular complexity index is 981. The van der Waals surface area contributed by atoms with E-state index < -0.39 is 45.0 Å². The summed E-state index contributed by atoms with van der Waals surface area (Å²) in [5.74, 6) is -1.23. The summed E-state index contributed by atoms with van der Waals surface area (Å²) >= 11 is 0. The quantitative estimate of drug-likeness (QED) is 0.368. The Kier molecular flexibility index (Phi) is 8.92. The first-order valence-electron chi connectivity index (χ1n) is 13.0. The number of fused-ring (bicyclic) bond motifs is 1. The number of methoxy groups -OCH3 is 1. The fraction of sp³-hybridized carbons (Fsp3) is 0.586. The van der Waals surface area contributed by atoms with Crippen molar-refractivity contribution >= 4 is 8.32 Å². The average Bonchev–Trinajstić information content (AvgIpc) is 3.22. The molecule has 8 heteroatoms. The SMILES string of the molecule is COC1(C)O[C@@H]2O[C@H](CO[Si](C)(C)C(C)(C)C)[C@@H](OCc3ccccc3)[C@H](OCc3ccccc3)[C@@H]2O1. The van der Waals surface area contributed by atoms with Crippen molar-refractivity contribution in [2.75, 3.05) is 13.7 Å². The van der Waals surface area contributed by atoms with Crippen molar-refractivity contribution in [3.8, 4) is 0 Å². The van der Waals surface area contributed by atoms with Gasteiger partial charge in [0.1, 0.15) is 24.4 Å². The Morgan fingerprint density at radius 3 is 1.89 bits per heavy atom. The second-order valence-corrected chi connectivity index (χ2v) is 16.2. The zero-order valence-corrected chi connectivity index (χ0v) is 24.1. The van der Waals surface area contributed by atoms with Crippen LogP contribution in [-0.2, 0) is 46.1 Å². The Hall–Kier alpha value is -1.62. The summed E-state index contributed by atoms with van der Waals surface area (Å²) in [6.45, 7) is 14.1. The van der Waals surface area contributed by atoms with Crippen LogP contribution in [0.3, 0.4) is 0 Å². The fourth-order valence-electron chi connectivity index (χ4n) is 4.25.